The zero-order valence-corrected chi connectivity index (χ0v) is 31.0. The van der Waals surface area contributed by atoms with Gasteiger partial charge in [-0.1, -0.05) is 129 Å². The Labute approximate surface area is 290 Å². The van der Waals surface area contributed by atoms with Gasteiger partial charge in [-0.15, -0.1) is 0 Å². The van der Waals surface area contributed by atoms with Gasteiger partial charge in [-0.3, -0.25) is 23.4 Å². The Balaban J connectivity index is 4.46. The number of carboxylic acid groups (broad SMARTS) is 1. The van der Waals surface area contributed by atoms with Crippen LogP contribution in [0, 0.1) is 0 Å². The van der Waals surface area contributed by atoms with Crippen LogP contribution in [0.2, 0.25) is 0 Å². The fourth-order valence-corrected chi connectivity index (χ4v) is 5.78. The SMILES string of the molecule is CCCCC/C=C\CCCCCCCC(=O)O[C@H](COC(=O)CCCCCCCCCCCCCC)COP(=O)(O)OC[C@H](N)C(=O)O. The van der Waals surface area contributed by atoms with Crippen molar-refractivity contribution >= 4 is 25.7 Å². The van der Waals surface area contributed by atoms with Crippen molar-refractivity contribution in [3.05, 3.63) is 12.2 Å². The van der Waals surface area contributed by atoms with Gasteiger partial charge in [0, 0.05) is 12.8 Å². The monoisotopic (exact) mass is 705 g/mol. The van der Waals surface area contributed by atoms with Gasteiger partial charge in [-0.2, -0.15) is 0 Å². The third-order valence-corrected chi connectivity index (χ3v) is 8.96. The van der Waals surface area contributed by atoms with Gasteiger partial charge in [0.1, 0.15) is 12.6 Å². The number of phosphoric acid groups is 1. The highest BCUT2D eigenvalue weighted by atomic mass is 31.2. The van der Waals surface area contributed by atoms with Crippen LogP contribution in [-0.4, -0.2) is 59.9 Å². The molecule has 3 atom stereocenters. The van der Waals surface area contributed by atoms with Gasteiger partial charge >= 0.3 is 25.7 Å². The van der Waals surface area contributed by atoms with Crippen LogP contribution in [0.1, 0.15) is 168 Å². The average Bonchev–Trinajstić information content (AvgIpc) is 3.05. The van der Waals surface area contributed by atoms with E-state index in [2.05, 4.69) is 30.5 Å². The summed E-state index contributed by atoms with van der Waals surface area (Å²) in [5.74, 6) is -2.39. The molecule has 0 aliphatic rings. The van der Waals surface area contributed by atoms with E-state index in [4.69, 9.17) is 24.8 Å². The Morgan fingerprint density at radius 1 is 0.625 bits per heavy atom. The first-order valence-electron chi connectivity index (χ1n) is 18.7. The standard InChI is InChI=1S/C36H68NO10P/c1-3-5-7-9-11-13-15-17-19-21-23-25-27-34(38)44-29-32(30-45-48(42,43)46-31-33(37)36(40)41)47-35(39)28-26-24-22-20-18-16-14-12-10-8-6-4-2/h12,14,32-33H,3-11,13,15-31,37H2,1-2H3,(H,40,41)(H,42,43)/b14-12-/t32-,33+/m1/s1. The van der Waals surface area contributed by atoms with E-state index < -0.39 is 51.1 Å². The predicted octanol–water partition coefficient (Wildman–Crippen LogP) is 8.95. The fourth-order valence-electron chi connectivity index (χ4n) is 5.00. The molecular formula is C36H68NO10P. The highest BCUT2D eigenvalue weighted by Crippen LogP contribution is 2.43. The minimum absolute atomic E-state index is 0.154. The van der Waals surface area contributed by atoms with Gasteiger partial charge in [0.15, 0.2) is 6.10 Å². The molecule has 4 N–H and O–H groups in total. The molecule has 11 nitrogen and oxygen atoms in total. The zero-order chi connectivity index (χ0) is 35.7. The average molecular weight is 706 g/mol. The summed E-state index contributed by atoms with van der Waals surface area (Å²) in [5, 5.41) is 8.84. The molecule has 0 spiro atoms. The number of rotatable bonds is 35. The second-order valence-electron chi connectivity index (χ2n) is 12.7. The summed E-state index contributed by atoms with van der Waals surface area (Å²) in [5.41, 5.74) is 5.31. The highest BCUT2D eigenvalue weighted by molar-refractivity contribution is 7.47. The van der Waals surface area contributed by atoms with Crippen LogP contribution in [-0.2, 0) is 37.5 Å². The minimum atomic E-state index is -4.70. The van der Waals surface area contributed by atoms with Gasteiger partial charge < -0.3 is 25.2 Å². The summed E-state index contributed by atoms with van der Waals surface area (Å²) < 4.78 is 32.5. The van der Waals surface area contributed by atoms with Gasteiger partial charge in [-0.05, 0) is 38.5 Å². The molecule has 0 aromatic rings. The van der Waals surface area contributed by atoms with Crippen molar-refractivity contribution in [3.8, 4) is 0 Å². The molecule has 0 bridgehead atoms. The number of esters is 2. The van der Waals surface area contributed by atoms with Crippen LogP contribution in [0.5, 0.6) is 0 Å². The van der Waals surface area contributed by atoms with Crippen molar-refractivity contribution in [3.63, 3.8) is 0 Å². The summed E-state index contributed by atoms with van der Waals surface area (Å²) in [4.78, 5) is 45.6. The molecule has 0 saturated heterocycles. The Morgan fingerprint density at radius 3 is 1.56 bits per heavy atom. The number of allylic oxidation sites excluding steroid dienone is 2. The molecule has 1 unspecified atom stereocenters. The number of hydrogen-bond acceptors (Lipinski definition) is 9. The lowest BCUT2D eigenvalue weighted by Gasteiger charge is -2.20. The van der Waals surface area contributed by atoms with Crippen LogP contribution in [0.3, 0.4) is 0 Å². The summed E-state index contributed by atoms with van der Waals surface area (Å²) >= 11 is 0. The molecule has 0 saturated carbocycles. The van der Waals surface area contributed by atoms with Crippen molar-refractivity contribution in [2.45, 2.75) is 180 Å². The Kier molecular flexibility index (Phi) is 31.2. The fraction of sp³-hybridized carbons (Fsp3) is 0.861. The number of aliphatic carboxylic acids is 1. The predicted molar refractivity (Wildman–Crippen MR) is 189 cm³/mol. The van der Waals surface area contributed by atoms with Crippen LogP contribution in [0.15, 0.2) is 12.2 Å². The van der Waals surface area contributed by atoms with Gasteiger partial charge in [0.25, 0.3) is 0 Å². The number of carbonyl (C=O) groups excluding carboxylic acids is 2. The van der Waals surface area contributed by atoms with Crippen molar-refractivity contribution in [2.75, 3.05) is 19.8 Å². The molecular weight excluding hydrogens is 637 g/mol. The first kappa shape index (κ1) is 46.2. The van der Waals surface area contributed by atoms with Gasteiger partial charge in [-0.25, -0.2) is 4.57 Å². The molecule has 0 radical (unpaired) electrons. The summed E-state index contributed by atoms with van der Waals surface area (Å²) in [6.45, 7) is 2.75. The van der Waals surface area contributed by atoms with Gasteiger partial charge in [0.05, 0.1) is 13.2 Å². The molecule has 48 heavy (non-hydrogen) atoms. The highest BCUT2D eigenvalue weighted by Gasteiger charge is 2.28. The number of hydrogen-bond donors (Lipinski definition) is 3. The zero-order valence-electron chi connectivity index (χ0n) is 30.1. The van der Waals surface area contributed by atoms with E-state index in [0.717, 1.165) is 57.8 Å². The number of ether oxygens (including phenoxy) is 2. The van der Waals surface area contributed by atoms with E-state index in [1.54, 1.807) is 0 Å². The largest absolute Gasteiger partial charge is 0.480 e. The number of phosphoric ester groups is 1. The molecule has 0 aliphatic carbocycles. The van der Waals surface area contributed by atoms with E-state index in [0.29, 0.717) is 12.8 Å². The van der Waals surface area contributed by atoms with E-state index in [1.807, 2.05) is 0 Å². The van der Waals surface area contributed by atoms with Crippen molar-refractivity contribution in [1.29, 1.82) is 0 Å². The molecule has 0 aliphatic heterocycles. The molecule has 0 heterocycles. The molecule has 0 fully saturated rings. The lowest BCUT2D eigenvalue weighted by Crippen LogP contribution is -2.34. The normalized spacial score (nSPS) is 14.1. The van der Waals surface area contributed by atoms with Gasteiger partial charge in [0.2, 0.25) is 0 Å². The quantitative estimate of drug-likeness (QED) is 0.0249. The molecule has 0 amide bonds. The lowest BCUT2D eigenvalue weighted by atomic mass is 10.0. The topological polar surface area (TPSA) is 172 Å². The number of carboxylic acids is 1. The molecule has 12 heteroatoms. The third-order valence-electron chi connectivity index (χ3n) is 8.01. The van der Waals surface area contributed by atoms with Crippen molar-refractivity contribution in [2.24, 2.45) is 5.73 Å². The van der Waals surface area contributed by atoms with Crippen LogP contribution < -0.4 is 5.73 Å². The van der Waals surface area contributed by atoms with Crippen LogP contribution >= 0.6 is 7.82 Å². The van der Waals surface area contributed by atoms with Crippen LogP contribution in [0.4, 0.5) is 0 Å². The van der Waals surface area contributed by atoms with E-state index in [9.17, 15) is 23.8 Å². The summed E-state index contributed by atoms with van der Waals surface area (Å²) in [6, 6.07) is -1.52. The minimum Gasteiger partial charge on any atom is -0.480 e. The number of nitrogens with two attached hydrogens (primary N) is 1. The summed E-state index contributed by atoms with van der Waals surface area (Å²) in [6.07, 6.45) is 28.5. The maximum Gasteiger partial charge on any atom is 0.472 e. The molecule has 0 aromatic heterocycles. The Morgan fingerprint density at radius 2 is 1.04 bits per heavy atom. The number of carbonyl (C=O) groups is 3. The Bertz CT molecular complexity index is 885. The van der Waals surface area contributed by atoms with Crippen LogP contribution in [0.25, 0.3) is 0 Å². The second kappa shape index (κ2) is 32.4. The van der Waals surface area contributed by atoms with Crippen molar-refractivity contribution in [1.82, 2.24) is 0 Å². The molecule has 0 rings (SSSR count). The van der Waals surface area contributed by atoms with Crippen molar-refractivity contribution < 1.29 is 47.5 Å². The smallest absolute Gasteiger partial charge is 0.472 e. The first-order valence-corrected chi connectivity index (χ1v) is 20.2. The molecule has 0 aromatic carbocycles. The van der Waals surface area contributed by atoms with E-state index in [-0.39, 0.29) is 19.4 Å². The second-order valence-corrected chi connectivity index (χ2v) is 14.2. The lowest BCUT2D eigenvalue weighted by molar-refractivity contribution is -0.161. The Hall–Kier alpha value is -1.78. The molecule has 282 valence electrons. The summed E-state index contributed by atoms with van der Waals surface area (Å²) in [7, 11) is -4.70. The first-order chi connectivity index (χ1) is 23.1. The maximum atomic E-state index is 12.5. The third kappa shape index (κ3) is 31.5. The van der Waals surface area contributed by atoms with E-state index in [1.165, 1.54) is 70.6 Å². The van der Waals surface area contributed by atoms with E-state index >= 15 is 0 Å². The number of unbranched alkanes of at least 4 members (excludes halogenated alkanes) is 19. The maximum absolute atomic E-state index is 12.5.